The van der Waals surface area contributed by atoms with Crippen molar-refractivity contribution in [3.05, 3.63) is 46.2 Å². The molecule has 1 nitrogen and oxygen atoms in total. The molecule has 0 saturated heterocycles. The third-order valence-electron chi connectivity index (χ3n) is 1.93. The normalized spacial score (nSPS) is 11.7. The van der Waals surface area contributed by atoms with Crippen LogP contribution >= 0.6 is 28.3 Å². The predicted molar refractivity (Wildman–Crippen MR) is 67.7 cm³/mol. The Morgan fingerprint density at radius 2 is 2.20 bits per heavy atom. The fourth-order valence-corrected chi connectivity index (χ4v) is 1.93. The molecular formula is C11H14BrClFN. The van der Waals surface area contributed by atoms with Gasteiger partial charge in [0.1, 0.15) is 5.82 Å². The number of nitrogens with two attached hydrogens (primary N) is 1. The lowest BCUT2D eigenvalue weighted by Gasteiger charge is -2.13. The minimum atomic E-state index is -0.261. The van der Waals surface area contributed by atoms with E-state index in [1.807, 2.05) is 6.92 Å². The van der Waals surface area contributed by atoms with Crippen molar-refractivity contribution >= 4 is 28.3 Å². The Morgan fingerprint density at radius 1 is 1.60 bits per heavy atom. The maximum atomic E-state index is 12.8. The lowest BCUT2D eigenvalue weighted by atomic mass is 10.0. The first-order valence-corrected chi connectivity index (χ1v) is 5.15. The highest BCUT2D eigenvalue weighted by molar-refractivity contribution is 9.10. The molecule has 0 saturated carbocycles. The molecule has 0 spiro atoms. The van der Waals surface area contributed by atoms with Crippen LogP contribution < -0.4 is 5.73 Å². The van der Waals surface area contributed by atoms with Crippen LogP contribution in [0.4, 0.5) is 4.39 Å². The summed E-state index contributed by atoms with van der Waals surface area (Å²) in [5, 5.41) is 0. The Hall–Kier alpha value is -0.380. The van der Waals surface area contributed by atoms with Crippen LogP contribution in [0, 0.1) is 5.82 Å². The second kappa shape index (κ2) is 6.26. The zero-order valence-electron chi connectivity index (χ0n) is 8.47. The summed E-state index contributed by atoms with van der Waals surface area (Å²) in [5.74, 6) is -0.261. The van der Waals surface area contributed by atoms with Gasteiger partial charge in [0.15, 0.2) is 0 Å². The molecule has 0 aliphatic carbocycles. The molecule has 1 rings (SSSR count). The van der Waals surface area contributed by atoms with Gasteiger partial charge < -0.3 is 5.73 Å². The van der Waals surface area contributed by atoms with Crippen LogP contribution in [0.1, 0.15) is 24.9 Å². The molecule has 0 aliphatic rings. The third kappa shape index (κ3) is 4.33. The molecule has 0 bridgehead atoms. The Kier molecular flexibility index (Phi) is 6.10. The fraction of sp³-hybridized carbons (Fsp3) is 0.273. The van der Waals surface area contributed by atoms with Gasteiger partial charge in [-0.1, -0.05) is 27.6 Å². The molecular weight excluding hydrogens is 280 g/mol. The zero-order chi connectivity index (χ0) is 10.7. The third-order valence-corrected chi connectivity index (χ3v) is 2.62. The van der Waals surface area contributed by atoms with E-state index in [4.69, 9.17) is 5.73 Å². The van der Waals surface area contributed by atoms with Crippen molar-refractivity contribution in [3.8, 4) is 0 Å². The van der Waals surface area contributed by atoms with Crippen LogP contribution in [0.25, 0.3) is 0 Å². The van der Waals surface area contributed by atoms with Gasteiger partial charge >= 0.3 is 0 Å². The number of hydrogen-bond donors (Lipinski definition) is 1. The van der Waals surface area contributed by atoms with Crippen molar-refractivity contribution in [2.45, 2.75) is 19.4 Å². The topological polar surface area (TPSA) is 26.0 Å². The maximum absolute atomic E-state index is 12.8. The molecule has 0 amide bonds. The molecule has 1 aromatic carbocycles. The molecule has 15 heavy (non-hydrogen) atoms. The molecule has 0 aliphatic heterocycles. The Bertz CT molecular complexity index is 354. The van der Waals surface area contributed by atoms with Gasteiger partial charge in [0, 0.05) is 10.5 Å². The van der Waals surface area contributed by atoms with Gasteiger partial charge in [0.2, 0.25) is 0 Å². The molecule has 1 aromatic rings. The van der Waals surface area contributed by atoms with E-state index in [2.05, 4.69) is 22.5 Å². The summed E-state index contributed by atoms with van der Waals surface area (Å²) in [4.78, 5) is 0. The summed E-state index contributed by atoms with van der Waals surface area (Å²) < 4.78 is 13.5. The number of benzene rings is 1. The van der Waals surface area contributed by atoms with Gasteiger partial charge in [-0.05, 0) is 31.0 Å². The summed E-state index contributed by atoms with van der Waals surface area (Å²) in [6.45, 7) is 5.73. The van der Waals surface area contributed by atoms with Gasteiger partial charge in [-0.3, -0.25) is 0 Å². The Balaban J connectivity index is 0.00000196. The highest BCUT2D eigenvalue weighted by atomic mass is 79.9. The molecule has 2 N–H and O–H groups in total. The van der Waals surface area contributed by atoms with Gasteiger partial charge in [-0.2, -0.15) is 0 Å². The monoisotopic (exact) mass is 293 g/mol. The fourth-order valence-electron chi connectivity index (χ4n) is 1.29. The molecule has 0 heterocycles. The van der Waals surface area contributed by atoms with Gasteiger partial charge in [-0.25, -0.2) is 4.39 Å². The Morgan fingerprint density at radius 3 is 2.67 bits per heavy atom. The lowest BCUT2D eigenvalue weighted by Crippen LogP contribution is -2.11. The number of rotatable bonds is 3. The zero-order valence-corrected chi connectivity index (χ0v) is 10.9. The van der Waals surface area contributed by atoms with Crippen LogP contribution in [-0.2, 0) is 0 Å². The molecule has 4 heteroatoms. The van der Waals surface area contributed by atoms with Crippen LogP contribution in [0.5, 0.6) is 0 Å². The molecule has 1 atom stereocenters. The highest BCUT2D eigenvalue weighted by Crippen LogP contribution is 2.26. The van der Waals surface area contributed by atoms with E-state index in [-0.39, 0.29) is 24.3 Å². The van der Waals surface area contributed by atoms with Gasteiger partial charge in [0.25, 0.3) is 0 Å². The summed E-state index contributed by atoms with van der Waals surface area (Å²) >= 11 is 3.29. The summed E-state index contributed by atoms with van der Waals surface area (Å²) in [6, 6.07) is 4.42. The largest absolute Gasteiger partial charge is 0.324 e. The standard InChI is InChI=1S/C11H13BrFN.ClH/c1-7(2)5-11(14)9-4-3-8(13)6-10(9)12;/h3-4,6,11H,1,5,14H2,2H3;1H/t11-;/m0./s1. The van der Waals surface area contributed by atoms with Crippen molar-refractivity contribution in [1.82, 2.24) is 0 Å². The minimum absolute atomic E-state index is 0. The maximum Gasteiger partial charge on any atom is 0.124 e. The second-order valence-corrected chi connectivity index (χ2v) is 4.29. The van der Waals surface area contributed by atoms with E-state index in [9.17, 15) is 4.39 Å². The summed E-state index contributed by atoms with van der Waals surface area (Å²) in [7, 11) is 0. The first kappa shape index (κ1) is 14.6. The number of halogens is 3. The average Bonchev–Trinajstić information content (AvgIpc) is 2.01. The smallest absolute Gasteiger partial charge is 0.124 e. The number of hydrogen-bond acceptors (Lipinski definition) is 1. The van der Waals surface area contributed by atoms with E-state index < -0.39 is 0 Å². The van der Waals surface area contributed by atoms with E-state index in [1.165, 1.54) is 12.1 Å². The van der Waals surface area contributed by atoms with Gasteiger partial charge in [0.05, 0.1) is 0 Å². The van der Waals surface area contributed by atoms with E-state index in [1.54, 1.807) is 6.07 Å². The van der Waals surface area contributed by atoms with Gasteiger partial charge in [-0.15, -0.1) is 19.0 Å². The van der Waals surface area contributed by atoms with Crippen LogP contribution in [0.2, 0.25) is 0 Å². The summed E-state index contributed by atoms with van der Waals surface area (Å²) in [6.07, 6.45) is 0.713. The molecule has 0 fully saturated rings. The van der Waals surface area contributed by atoms with Crippen molar-refractivity contribution < 1.29 is 4.39 Å². The first-order valence-electron chi connectivity index (χ1n) is 4.35. The van der Waals surface area contributed by atoms with Crippen LogP contribution in [0.3, 0.4) is 0 Å². The predicted octanol–water partition coefficient (Wildman–Crippen LogP) is 3.98. The quantitative estimate of drug-likeness (QED) is 0.839. The van der Waals surface area contributed by atoms with E-state index in [0.29, 0.717) is 10.9 Å². The lowest BCUT2D eigenvalue weighted by molar-refractivity contribution is 0.622. The molecule has 0 unspecified atom stereocenters. The molecule has 84 valence electrons. The Labute approximate surface area is 104 Å². The van der Waals surface area contributed by atoms with Crippen molar-refractivity contribution in [2.75, 3.05) is 0 Å². The first-order chi connectivity index (χ1) is 6.50. The van der Waals surface area contributed by atoms with E-state index in [0.717, 1.165) is 11.1 Å². The minimum Gasteiger partial charge on any atom is -0.324 e. The second-order valence-electron chi connectivity index (χ2n) is 3.43. The molecule has 0 radical (unpaired) electrons. The van der Waals surface area contributed by atoms with Crippen molar-refractivity contribution in [2.24, 2.45) is 5.73 Å². The summed E-state index contributed by atoms with van der Waals surface area (Å²) in [5.41, 5.74) is 7.87. The van der Waals surface area contributed by atoms with E-state index >= 15 is 0 Å². The average molecular weight is 295 g/mol. The highest BCUT2D eigenvalue weighted by Gasteiger charge is 2.10. The van der Waals surface area contributed by atoms with Crippen LogP contribution in [0.15, 0.2) is 34.8 Å². The van der Waals surface area contributed by atoms with Crippen LogP contribution in [-0.4, -0.2) is 0 Å². The van der Waals surface area contributed by atoms with Crippen molar-refractivity contribution in [1.29, 1.82) is 0 Å². The molecule has 0 aromatic heterocycles. The SMILES string of the molecule is C=C(C)C[C@H](N)c1ccc(F)cc1Br.Cl. The van der Waals surface area contributed by atoms with Crippen molar-refractivity contribution in [3.63, 3.8) is 0 Å².